The zero-order valence-corrected chi connectivity index (χ0v) is 16.8. The van der Waals surface area contributed by atoms with Gasteiger partial charge in [-0.2, -0.15) is 0 Å². The van der Waals surface area contributed by atoms with Crippen LogP contribution in [0, 0.1) is 5.92 Å². The molecule has 0 bridgehead atoms. The summed E-state index contributed by atoms with van der Waals surface area (Å²) in [7, 11) is 0. The molecule has 144 valence electrons. The second-order valence-electron chi connectivity index (χ2n) is 6.59. The number of likely N-dealkylation sites (tertiary alicyclic amines) is 1. The molecule has 0 spiro atoms. The van der Waals surface area contributed by atoms with Crippen LogP contribution in [0.25, 0.3) is 0 Å². The van der Waals surface area contributed by atoms with Crippen molar-refractivity contribution in [3.8, 4) is 0 Å². The monoisotopic (exact) mass is 404 g/mol. The van der Waals surface area contributed by atoms with Crippen LogP contribution in [0.2, 0.25) is 0 Å². The molecule has 27 heavy (non-hydrogen) atoms. The van der Waals surface area contributed by atoms with Crippen molar-refractivity contribution in [3.63, 3.8) is 0 Å². The summed E-state index contributed by atoms with van der Waals surface area (Å²) < 4.78 is 0. The topological polar surface area (TPSA) is 63.4 Å². The van der Waals surface area contributed by atoms with Gasteiger partial charge in [0.1, 0.15) is 0 Å². The summed E-state index contributed by atoms with van der Waals surface area (Å²) in [4.78, 5) is 26.6. The van der Waals surface area contributed by atoms with Crippen LogP contribution in [0.3, 0.4) is 0 Å². The van der Waals surface area contributed by atoms with Gasteiger partial charge in [-0.15, -0.1) is 24.2 Å². The molecule has 1 aliphatic heterocycles. The molecule has 3 rings (SSSR count). The van der Waals surface area contributed by atoms with E-state index in [0.717, 1.165) is 0 Å². The Balaban J connectivity index is 0.00000261. The number of hydrogen-bond donors (Lipinski definition) is 1. The first-order valence-electron chi connectivity index (χ1n) is 8.88. The summed E-state index contributed by atoms with van der Waals surface area (Å²) in [6.07, 6.45) is 0. The largest absolute Gasteiger partial charge is 0.341 e. The standard InChI is InChI=1S/C21H24N2O2S.ClH/c22-11-18-12-23(13-19(18)16-7-3-1-4-8-16)21(25)15-26-14-20(24)17-9-5-2-6-10-17;/h1-10,18-19H,11-15,22H2;1H/t18-,19+;/m1./s1. The minimum Gasteiger partial charge on any atom is -0.341 e. The lowest BCUT2D eigenvalue weighted by Gasteiger charge is -2.16. The van der Waals surface area contributed by atoms with E-state index < -0.39 is 0 Å². The summed E-state index contributed by atoms with van der Waals surface area (Å²) in [6.45, 7) is 1.98. The van der Waals surface area contributed by atoms with Crippen LogP contribution in [0.15, 0.2) is 60.7 Å². The van der Waals surface area contributed by atoms with Gasteiger partial charge in [-0.3, -0.25) is 9.59 Å². The molecule has 1 fully saturated rings. The summed E-state index contributed by atoms with van der Waals surface area (Å²) in [5, 5.41) is 0. The highest BCUT2D eigenvalue weighted by Gasteiger charge is 2.35. The van der Waals surface area contributed by atoms with Gasteiger partial charge in [0.25, 0.3) is 0 Å². The molecule has 0 unspecified atom stereocenters. The molecule has 0 aliphatic carbocycles. The number of amides is 1. The molecule has 2 aromatic carbocycles. The van der Waals surface area contributed by atoms with Crippen molar-refractivity contribution in [2.24, 2.45) is 11.7 Å². The molecule has 2 N–H and O–H groups in total. The molecular weight excluding hydrogens is 380 g/mol. The number of nitrogens with two attached hydrogens (primary N) is 1. The van der Waals surface area contributed by atoms with Gasteiger partial charge in [-0.1, -0.05) is 60.7 Å². The van der Waals surface area contributed by atoms with Crippen LogP contribution < -0.4 is 5.73 Å². The van der Waals surface area contributed by atoms with Gasteiger partial charge in [-0.05, 0) is 18.0 Å². The Labute approximate surface area is 170 Å². The molecule has 1 saturated heterocycles. The normalized spacial score (nSPS) is 18.8. The highest BCUT2D eigenvalue weighted by Crippen LogP contribution is 2.32. The maximum Gasteiger partial charge on any atom is 0.232 e. The number of carbonyl (C=O) groups excluding carboxylic acids is 2. The van der Waals surface area contributed by atoms with E-state index in [4.69, 9.17) is 5.73 Å². The van der Waals surface area contributed by atoms with Crippen LogP contribution in [-0.2, 0) is 4.79 Å². The summed E-state index contributed by atoms with van der Waals surface area (Å²) in [5.74, 6) is 1.39. The number of thioether (sulfide) groups is 1. The molecule has 4 nitrogen and oxygen atoms in total. The summed E-state index contributed by atoms with van der Waals surface area (Å²) in [6, 6.07) is 19.5. The third kappa shape index (κ3) is 5.58. The van der Waals surface area contributed by atoms with E-state index in [-0.39, 0.29) is 30.0 Å². The Morgan fingerprint density at radius 3 is 2.22 bits per heavy atom. The first kappa shape index (κ1) is 21.5. The predicted molar refractivity (Wildman–Crippen MR) is 114 cm³/mol. The van der Waals surface area contributed by atoms with Gasteiger partial charge in [0.2, 0.25) is 5.91 Å². The fourth-order valence-electron chi connectivity index (χ4n) is 3.42. The van der Waals surface area contributed by atoms with Crippen LogP contribution in [0.5, 0.6) is 0 Å². The van der Waals surface area contributed by atoms with E-state index >= 15 is 0 Å². The fourth-order valence-corrected chi connectivity index (χ4v) is 4.23. The van der Waals surface area contributed by atoms with Crippen molar-refractivity contribution in [2.75, 3.05) is 31.1 Å². The number of nitrogens with zero attached hydrogens (tertiary/aromatic N) is 1. The first-order chi connectivity index (χ1) is 12.7. The van der Waals surface area contributed by atoms with Gasteiger partial charge in [0.15, 0.2) is 5.78 Å². The molecule has 1 aliphatic rings. The van der Waals surface area contributed by atoms with Crippen LogP contribution in [0.1, 0.15) is 21.8 Å². The lowest BCUT2D eigenvalue weighted by atomic mass is 9.89. The third-order valence-electron chi connectivity index (χ3n) is 4.88. The van der Waals surface area contributed by atoms with Gasteiger partial charge < -0.3 is 10.6 Å². The third-order valence-corrected chi connectivity index (χ3v) is 5.80. The van der Waals surface area contributed by atoms with Crippen molar-refractivity contribution in [1.82, 2.24) is 4.90 Å². The molecule has 2 aromatic rings. The van der Waals surface area contributed by atoms with E-state index in [9.17, 15) is 9.59 Å². The molecule has 1 heterocycles. The van der Waals surface area contributed by atoms with E-state index in [2.05, 4.69) is 12.1 Å². The molecule has 0 saturated carbocycles. The quantitative estimate of drug-likeness (QED) is 0.719. The zero-order chi connectivity index (χ0) is 18.4. The highest BCUT2D eigenvalue weighted by atomic mass is 35.5. The number of halogens is 1. The van der Waals surface area contributed by atoms with Gasteiger partial charge in [-0.25, -0.2) is 0 Å². The minimum atomic E-state index is 0. The van der Waals surface area contributed by atoms with Crippen molar-refractivity contribution in [1.29, 1.82) is 0 Å². The fraction of sp³-hybridized carbons (Fsp3) is 0.333. The van der Waals surface area contributed by atoms with E-state index in [1.807, 2.05) is 53.4 Å². The molecule has 2 atom stereocenters. The zero-order valence-electron chi connectivity index (χ0n) is 15.1. The van der Waals surface area contributed by atoms with Gasteiger partial charge >= 0.3 is 0 Å². The number of rotatable bonds is 7. The first-order valence-corrected chi connectivity index (χ1v) is 10.0. The lowest BCUT2D eigenvalue weighted by Crippen LogP contribution is -2.31. The van der Waals surface area contributed by atoms with Crippen LogP contribution >= 0.6 is 24.2 Å². The maximum absolute atomic E-state index is 12.6. The number of Topliss-reactive ketones (excluding diaryl/α,β-unsaturated/α-hetero) is 1. The van der Waals surface area contributed by atoms with Crippen LogP contribution in [0.4, 0.5) is 0 Å². The van der Waals surface area contributed by atoms with Gasteiger partial charge in [0, 0.05) is 24.6 Å². The molecule has 6 heteroatoms. The number of benzene rings is 2. The Bertz CT molecular complexity index is 742. The second-order valence-corrected chi connectivity index (χ2v) is 7.58. The Morgan fingerprint density at radius 2 is 1.59 bits per heavy atom. The van der Waals surface area contributed by atoms with Crippen LogP contribution in [-0.4, -0.2) is 47.7 Å². The Hall–Kier alpha value is -1.82. The number of ketones is 1. The average Bonchev–Trinajstić information content (AvgIpc) is 3.14. The molecule has 1 amide bonds. The Morgan fingerprint density at radius 1 is 0.963 bits per heavy atom. The van der Waals surface area contributed by atoms with Crippen molar-refractivity contribution in [3.05, 3.63) is 71.8 Å². The van der Waals surface area contributed by atoms with E-state index in [0.29, 0.717) is 42.6 Å². The average molecular weight is 405 g/mol. The van der Waals surface area contributed by atoms with E-state index in [1.54, 1.807) is 0 Å². The van der Waals surface area contributed by atoms with E-state index in [1.165, 1.54) is 17.3 Å². The van der Waals surface area contributed by atoms with Gasteiger partial charge in [0.05, 0.1) is 11.5 Å². The highest BCUT2D eigenvalue weighted by molar-refractivity contribution is 8.00. The maximum atomic E-state index is 12.6. The lowest BCUT2D eigenvalue weighted by molar-refractivity contribution is -0.127. The summed E-state index contributed by atoms with van der Waals surface area (Å²) in [5.41, 5.74) is 7.88. The van der Waals surface area contributed by atoms with Crippen molar-refractivity contribution >= 4 is 35.9 Å². The molecular formula is C21H25ClN2O2S. The number of carbonyl (C=O) groups is 2. The second kappa shape index (κ2) is 10.5. The minimum absolute atomic E-state index is 0. The molecule has 0 aromatic heterocycles. The van der Waals surface area contributed by atoms with Crippen molar-refractivity contribution in [2.45, 2.75) is 5.92 Å². The number of hydrogen-bond acceptors (Lipinski definition) is 4. The SMILES string of the molecule is Cl.NC[C@@H]1CN(C(=O)CSCC(=O)c2ccccc2)C[C@H]1c1ccccc1. The summed E-state index contributed by atoms with van der Waals surface area (Å²) >= 11 is 1.39. The Kier molecular flexibility index (Phi) is 8.35. The predicted octanol–water partition coefficient (Wildman–Crippen LogP) is 3.23. The van der Waals surface area contributed by atoms with Crippen molar-refractivity contribution < 1.29 is 9.59 Å². The molecule has 0 radical (unpaired) electrons. The smallest absolute Gasteiger partial charge is 0.232 e.